The van der Waals surface area contributed by atoms with E-state index >= 15 is 0 Å². The van der Waals surface area contributed by atoms with E-state index in [9.17, 15) is 9.59 Å². The fourth-order valence-corrected chi connectivity index (χ4v) is 3.74. The van der Waals surface area contributed by atoms with Crippen LogP contribution in [-0.2, 0) is 17.8 Å². The third kappa shape index (κ3) is 5.38. The number of carbonyl (C=O) groups is 1. The van der Waals surface area contributed by atoms with Crippen molar-refractivity contribution in [1.82, 2.24) is 9.99 Å². The molecule has 1 amide bonds. The molecule has 0 aliphatic heterocycles. The Hall–Kier alpha value is -2.22. The van der Waals surface area contributed by atoms with Crippen LogP contribution in [0.3, 0.4) is 0 Å². The lowest BCUT2D eigenvalue weighted by Gasteiger charge is -2.04. The van der Waals surface area contributed by atoms with Crippen LogP contribution in [0.2, 0.25) is 5.15 Å². The van der Waals surface area contributed by atoms with Crippen LogP contribution < -0.4 is 10.3 Å². The van der Waals surface area contributed by atoms with Crippen molar-refractivity contribution >= 4 is 51.0 Å². The summed E-state index contributed by atoms with van der Waals surface area (Å²) in [6.07, 6.45) is 1.63. The topological polar surface area (TPSA) is 63.5 Å². The van der Waals surface area contributed by atoms with Gasteiger partial charge in [-0.2, -0.15) is 5.10 Å². The number of rotatable bonds is 6. The van der Waals surface area contributed by atoms with E-state index in [4.69, 9.17) is 11.6 Å². The molecule has 5 nitrogen and oxygen atoms in total. The maximum Gasteiger partial charge on any atom is 0.309 e. The van der Waals surface area contributed by atoms with Gasteiger partial charge in [-0.25, -0.2) is 5.43 Å². The molecule has 0 aliphatic rings. The second kappa shape index (κ2) is 9.12. The first-order valence-electron chi connectivity index (χ1n) is 8.02. The lowest BCUT2D eigenvalue weighted by atomic mass is 10.1. The van der Waals surface area contributed by atoms with Crippen LogP contribution in [0.1, 0.15) is 16.0 Å². The van der Waals surface area contributed by atoms with Gasteiger partial charge in [0.1, 0.15) is 5.15 Å². The number of hydrogen-bond donors (Lipinski definition) is 1. The Labute approximate surface area is 173 Å². The Morgan fingerprint density at radius 1 is 1.15 bits per heavy atom. The second-order valence-electron chi connectivity index (χ2n) is 5.69. The van der Waals surface area contributed by atoms with E-state index in [2.05, 4.69) is 26.5 Å². The Bertz CT molecular complexity index is 1010. The van der Waals surface area contributed by atoms with Crippen molar-refractivity contribution < 1.29 is 4.79 Å². The first kappa shape index (κ1) is 19.5. The lowest BCUT2D eigenvalue weighted by Crippen LogP contribution is -2.19. The van der Waals surface area contributed by atoms with Crippen molar-refractivity contribution in [2.24, 2.45) is 5.10 Å². The Kier molecular flexibility index (Phi) is 6.60. The number of benzene rings is 2. The number of carbonyl (C=O) groups excluding carboxylic acids is 1. The zero-order valence-corrected chi connectivity index (χ0v) is 17.2. The van der Waals surface area contributed by atoms with Gasteiger partial charge in [0.2, 0.25) is 5.91 Å². The van der Waals surface area contributed by atoms with Crippen LogP contribution >= 0.6 is 38.9 Å². The lowest BCUT2D eigenvalue weighted by molar-refractivity contribution is -0.120. The number of hydrogen-bond acceptors (Lipinski definition) is 4. The zero-order chi connectivity index (χ0) is 19.2. The number of thiazole rings is 1. The van der Waals surface area contributed by atoms with Crippen molar-refractivity contribution in [2.75, 3.05) is 0 Å². The van der Waals surface area contributed by atoms with E-state index in [1.54, 1.807) is 0 Å². The Morgan fingerprint density at radius 3 is 2.56 bits per heavy atom. The first-order valence-corrected chi connectivity index (χ1v) is 10.0. The highest BCUT2D eigenvalue weighted by Gasteiger charge is 2.12. The van der Waals surface area contributed by atoms with E-state index in [0.29, 0.717) is 16.6 Å². The number of halogens is 2. The Morgan fingerprint density at radius 2 is 1.85 bits per heavy atom. The molecular formula is C19H15BrClN3O2S. The molecule has 8 heteroatoms. The summed E-state index contributed by atoms with van der Waals surface area (Å²) in [5.74, 6) is -0.241. The van der Waals surface area contributed by atoms with Gasteiger partial charge in [0.25, 0.3) is 0 Å². The van der Waals surface area contributed by atoms with Crippen LogP contribution in [0.4, 0.5) is 0 Å². The molecule has 2 aromatic carbocycles. The normalized spacial score (nSPS) is 11.0. The average molecular weight is 465 g/mol. The van der Waals surface area contributed by atoms with Gasteiger partial charge in [-0.05, 0) is 23.3 Å². The summed E-state index contributed by atoms with van der Waals surface area (Å²) in [6, 6.07) is 17.0. The van der Waals surface area contributed by atoms with Crippen molar-refractivity contribution in [3.8, 4) is 0 Å². The standard InChI is InChI=1S/C19H15BrClN3O2S/c20-15-8-6-14(7-9-15)12-24-18(21)16(27-19(24)26)11-22-23-17(25)10-13-4-2-1-3-5-13/h1-9,11H,10,12H2,(H,23,25)/b22-11+. The predicted molar refractivity (Wildman–Crippen MR) is 113 cm³/mol. The van der Waals surface area contributed by atoms with Crippen molar-refractivity contribution in [1.29, 1.82) is 0 Å². The highest BCUT2D eigenvalue weighted by Crippen LogP contribution is 2.19. The molecule has 3 aromatic rings. The fraction of sp³-hybridized carbons (Fsp3) is 0.105. The summed E-state index contributed by atoms with van der Waals surface area (Å²) in [5.41, 5.74) is 4.31. The monoisotopic (exact) mass is 463 g/mol. The molecule has 0 atom stereocenters. The molecule has 0 spiro atoms. The molecule has 3 rings (SSSR count). The molecule has 0 aliphatic carbocycles. The van der Waals surface area contributed by atoms with Gasteiger partial charge < -0.3 is 0 Å². The van der Waals surface area contributed by atoms with Gasteiger partial charge in [-0.3, -0.25) is 14.2 Å². The van der Waals surface area contributed by atoms with Crippen molar-refractivity contribution in [3.05, 3.63) is 89.9 Å². The SMILES string of the molecule is O=C(Cc1ccccc1)N/N=C/c1sc(=O)n(Cc2ccc(Br)cc2)c1Cl. The summed E-state index contributed by atoms with van der Waals surface area (Å²) < 4.78 is 2.44. The predicted octanol–water partition coefficient (Wildman–Crippen LogP) is 4.07. The number of amides is 1. The molecular weight excluding hydrogens is 450 g/mol. The maximum absolute atomic E-state index is 12.2. The first-order chi connectivity index (χ1) is 13.0. The molecule has 138 valence electrons. The van der Waals surface area contributed by atoms with Crippen molar-refractivity contribution in [2.45, 2.75) is 13.0 Å². The molecule has 1 N–H and O–H groups in total. The van der Waals surface area contributed by atoms with Crippen LogP contribution in [0.15, 0.2) is 69.0 Å². The second-order valence-corrected chi connectivity index (χ2v) is 7.96. The van der Waals surface area contributed by atoms with E-state index in [1.165, 1.54) is 10.8 Å². The van der Waals surface area contributed by atoms with Crippen LogP contribution in [0.25, 0.3) is 0 Å². The van der Waals surface area contributed by atoms with Crippen molar-refractivity contribution in [3.63, 3.8) is 0 Å². The van der Waals surface area contributed by atoms with Gasteiger partial charge >= 0.3 is 4.87 Å². The number of nitrogens with zero attached hydrogens (tertiary/aromatic N) is 2. The molecule has 1 heterocycles. The highest BCUT2D eigenvalue weighted by atomic mass is 79.9. The summed E-state index contributed by atoms with van der Waals surface area (Å²) in [5, 5.41) is 4.21. The third-order valence-electron chi connectivity index (χ3n) is 3.69. The molecule has 0 radical (unpaired) electrons. The number of nitrogens with one attached hydrogen (secondary N) is 1. The summed E-state index contributed by atoms with van der Waals surface area (Å²) in [4.78, 5) is 24.4. The largest absolute Gasteiger partial charge is 0.309 e. The van der Waals surface area contributed by atoms with Gasteiger partial charge in [0, 0.05) is 4.47 Å². The molecule has 0 unspecified atom stereocenters. The molecule has 0 saturated heterocycles. The average Bonchev–Trinajstić information content (AvgIpc) is 2.92. The Balaban J connectivity index is 1.65. The van der Waals surface area contributed by atoms with E-state index in [1.807, 2.05) is 54.6 Å². The minimum Gasteiger partial charge on any atom is -0.284 e. The van der Waals surface area contributed by atoms with Gasteiger partial charge in [0.15, 0.2) is 0 Å². The summed E-state index contributed by atoms with van der Waals surface area (Å²) >= 11 is 10.7. The minimum absolute atomic E-state index is 0.181. The summed E-state index contributed by atoms with van der Waals surface area (Å²) in [7, 11) is 0. The number of aromatic nitrogens is 1. The zero-order valence-electron chi connectivity index (χ0n) is 14.1. The van der Waals surface area contributed by atoms with Gasteiger partial charge in [0.05, 0.1) is 24.1 Å². The molecule has 1 aromatic heterocycles. The molecule has 27 heavy (non-hydrogen) atoms. The summed E-state index contributed by atoms with van der Waals surface area (Å²) in [6.45, 7) is 0.371. The van der Waals surface area contributed by atoms with E-state index in [-0.39, 0.29) is 17.2 Å². The molecule has 0 fully saturated rings. The molecule has 0 bridgehead atoms. The number of hydrazone groups is 1. The molecule has 0 saturated carbocycles. The maximum atomic E-state index is 12.2. The van der Waals surface area contributed by atoms with Crippen LogP contribution in [0, 0.1) is 0 Å². The smallest absolute Gasteiger partial charge is 0.284 e. The van der Waals surface area contributed by atoms with E-state index in [0.717, 1.165) is 26.9 Å². The highest BCUT2D eigenvalue weighted by molar-refractivity contribution is 9.10. The van der Waals surface area contributed by atoms with Crippen LogP contribution in [0.5, 0.6) is 0 Å². The third-order valence-corrected chi connectivity index (χ3v) is 5.65. The fourth-order valence-electron chi connectivity index (χ4n) is 2.37. The van der Waals surface area contributed by atoms with Gasteiger partial charge in [-0.1, -0.05) is 81.3 Å². The quantitative estimate of drug-likeness (QED) is 0.441. The minimum atomic E-state index is -0.241. The van der Waals surface area contributed by atoms with Crippen LogP contribution in [-0.4, -0.2) is 16.7 Å². The van der Waals surface area contributed by atoms with Gasteiger partial charge in [-0.15, -0.1) is 0 Å². The van der Waals surface area contributed by atoms with E-state index < -0.39 is 0 Å².